The quantitative estimate of drug-likeness (QED) is 0.447. The van der Waals surface area contributed by atoms with E-state index in [-0.39, 0.29) is 23.3 Å². The molecule has 0 N–H and O–H groups in total. The summed E-state index contributed by atoms with van der Waals surface area (Å²) in [5, 5.41) is 0. The third-order valence-corrected chi connectivity index (χ3v) is 4.98. The molecule has 1 aromatic rings. The number of carbonyl (C=O) groups excluding carboxylic acids is 3. The molecule has 1 aliphatic carbocycles. The smallest absolute Gasteiger partial charge is 0.181 e. The third kappa shape index (κ3) is 4.00. The van der Waals surface area contributed by atoms with E-state index in [1.807, 2.05) is 0 Å². The lowest BCUT2D eigenvalue weighted by Crippen LogP contribution is -2.31. The predicted molar refractivity (Wildman–Crippen MR) is 95.4 cm³/mol. The average molecular weight is 328 g/mol. The fraction of sp³-hybridized carbons (Fsp3) is 0.571. The van der Waals surface area contributed by atoms with Gasteiger partial charge in [0.25, 0.3) is 0 Å². The first kappa shape index (κ1) is 18.6. The van der Waals surface area contributed by atoms with Gasteiger partial charge in [-0.15, -0.1) is 0 Å². The highest BCUT2D eigenvalue weighted by Crippen LogP contribution is 2.31. The molecule has 0 aliphatic heterocycles. The van der Waals surface area contributed by atoms with Crippen LogP contribution in [0.2, 0.25) is 0 Å². The van der Waals surface area contributed by atoms with Gasteiger partial charge in [0.2, 0.25) is 0 Å². The second kappa shape index (κ2) is 8.91. The van der Waals surface area contributed by atoms with Gasteiger partial charge in [-0.25, -0.2) is 0 Å². The van der Waals surface area contributed by atoms with E-state index >= 15 is 0 Å². The fourth-order valence-corrected chi connectivity index (χ4v) is 3.55. The summed E-state index contributed by atoms with van der Waals surface area (Å²) in [4.78, 5) is 38.1. The zero-order chi connectivity index (χ0) is 17.5. The summed E-state index contributed by atoms with van der Waals surface area (Å²) in [6, 6.07) is 6.81. The molecule has 0 heterocycles. The summed E-state index contributed by atoms with van der Waals surface area (Å²) < 4.78 is 0. The molecule has 1 aliphatic rings. The molecular weight excluding hydrogens is 300 g/mol. The van der Waals surface area contributed by atoms with Crippen molar-refractivity contribution in [2.75, 3.05) is 0 Å². The number of benzene rings is 1. The minimum Gasteiger partial charge on any atom is -0.298 e. The van der Waals surface area contributed by atoms with E-state index in [4.69, 9.17) is 0 Å². The van der Waals surface area contributed by atoms with Crippen LogP contribution in [0.4, 0.5) is 0 Å². The van der Waals surface area contributed by atoms with Crippen molar-refractivity contribution in [2.24, 2.45) is 11.8 Å². The van der Waals surface area contributed by atoms with E-state index in [1.54, 1.807) is 24.3 Å². The Bertz CT molecular complexity index is 558. The highest BCUT2D eigenvalue weighted by atomic mass is 16.2. The van der Waals surface area contributed by atoms with Gasteiger partial charge in [-0.2, -0.15) is 0 Å². The van der Waals surface area contributed by atoms with Crippen LogP contribution < -0.4 is 0 Å². The van der Waals surface area contributed by atoms with Crippen molar-refractivity contribution in [1.29, 1.82) is 0 Å². The van der Waals surface area contributed by atoms with Crippen LogP contribution in [0.1, 0.15) is 85.9 Å². The maximum Gasteiger partial charge on any atom is 0.181 e. The number of carbonyl (C=O) groups is 3. The van der Waals surface area contributed by atoms with E-state index in [2.05, 4.69) is 13.8 Å². The summed E-state index contributed by atoms with van der Waals surface area (Å²) in [7, 11) is 0. The predicted octanol–water partition coefficient (Wildman–Crippen LogP) is 5.03. The topological polar surface area (TPSA) is 51.2 Å². The van der Waals surface area contributed by atoms with Gasteiger partial charge in [-0.3, -0.25) is 14.4 Å². The van der Waals surface area contributed by atoms with Gasteiger partial charge in [0, 0.05) is 17.0 Å². The van der Waals surface area contributed by atoms with Crippen molar-refractivity contribution >= 4 is 17.3 Å². The molecule has 0 fully saturated rings. The van der Waals surface area contributed by atoms with Gasteiger partial charge in [-0.1, -0.05) is 76.6 Å². The number of Topliss-reactive ketones (excluding diaryl/α,β-unsaturated/α-hetero) is 3. The first-order valence-electron chi connectivity index (χ1n) is 9.33. The van der Waals surface area contributed by atoms with Crippen LogP contribution in [0.15, 0.2) is 24.3 Å². The van der Waals surface area contributed by atoms with E-state index < -0.39 is 5.92 Å². The molecule has 130 valence electrons. The second-order valence-electron chi connectivity index (χ2n) is 6.80. The third-order valence-electron chi connectivity index (χ3n) is 4.98. The lowest BCUT2D eigenvalue weighted by molar-refractivity contribution is -0.124. The van der Waals surface area contributed by atoms with Gasteiger partial charge >= 0.3 is 0 Å². The zero-order valence-corrected chi connectivity index (χ0v) is 14.8. The minimum absolute atomic E-state index is 0.145. The van der Waals surface area contributed by atoms with E-state index in [0.717, 1.165) is 51.4 Å². The Morgan fingerprint density at radius 2 is 1.33 bits per heavy atom. The lowest BCUT2D eigenvalue weighted by Gasteiger charge is -2.18. The lowest BCUT2D eigenvalue weighted by atomic mass is 9.83. The molecule has 0 unspecified atom stereocenters. The second-order valence-corrected chi connectivity index (χ2v) is 6.80. The molecule has 3 nitrogen and oxygen atoms in total. The van der Waals surface area contributed by atoms with Crippen LogP contribution in [-0.2, 0) is 4.79 Å². The Kier molecular flexibility index (Phi) is 6.89. The number of unbranched alkanes of at least 4 members (excludes halogenated alkanes) is 4. The molecule has 0 atom stereocenters. The number of hydrogen-bond donors (Lipinski definition) is 0. The Morgan fingerprint density at radius 1 is 0.875 bits per heavy atom. The summed E-state index contributed by atoms with van der Waals surface area (Å²) in [6.45, 7) is 4.27. The maximum absolute atomic E-state index is 13.0. The normalized spacial score (nSPS) is 14.5. The Morgan fingerprint density at radius 3 is 1.75 bits per heavy atom. The number of hydrogen-bond acceptors (Lipinski definition) is 3. The van der Waals surface area contributed by atoms with Gasteiger partial charge in [0.05, 0.1) is 0 Å². The van der Waals surface area contributed by atoms with Crippen molar-refractivity contribution in [3.8, 4) is 0 Å². The molecule has 0 amide bonds. The molecular formula is C21H28O3. The standard InChI is InChI=1S/C21H28O3/c1-3-5-7-11-15(12-8-6-4-2)19(22)18-20(23)16-13-9-10-14-17(16)21(18)24/h9-10,13-15,18H,3-8,11-12H2,1-2H3. The largest absolute Gasteiger partial charge is 0.298 e. The highest BCUT2D eigenvalue weighted by molar-refractivity contribution is 6.35. The average Bonchev–Trinajstić information content (AvgIpc) is 2.85. The van der Waals surface area contributed by atoms with Crippen molar-refractivity contribution in [1.82, 2.24) is 0 Å². The summed E-state index contributed by atoms with van der Waals surface area (Å²) in [5.41, 5.74) is 0.837. The monoisotopic (exact) mass is 328 g/mol. The Balaban J connectivity index is 2.13. The van der Waals surface area contributed by atoms with Crippen LogP contribution in [-0.4, -0.2) is 17.3 Å². The molecule has 3 heteroatoms. The molecule has 0 saturated carbocycles. The van der Waals surface area contributed by atoms with E-state index in [9.17, 15) is 14.4 Å². The number of rotatable bonds is 10. The van der Waals surface area contributed by atoms with Crippen LogP contribution in [0.3, 0.4) is 0 Å². The minimum atomic E-state index is -1.09. The Labute approximate surface area is 144 Å². The molecule has 0 aromatic heterocycles. The summed E-state index contributed by atoms with van der Waals surface area (Å²) in [6.07, 6.45) is 7.94. The molecule has 0 radical (unpaired) electrons. The van der Waals surface area contributed by atoms with Crippen LogP contribution in [0.25, 0.3) is 0 Å². The molecule has 24 heavy (non-hydrogen) atoms. The van der Waals surface area contributed by atoms with Crippen LogP contribution in [0.5, 0.6) is 0 Å². The first-order valence-corrected chi connectivity index (χ1v) is 9.33. The molecule has 0 saturated heterocycles. The SMILES string of the molecule is CCCCCC(CCCCC)C(=O)C1C(=O)c2ccccc2C1=O. The van der Waals surface area contributed by atoms with Gasteiger partial charge in [0.15, 0.2) is 17.3 Å². The molecule has 1 aromatic carbocycles. The highest BCUT2D eigenvalue weighted by Gasteiger charge is 2.44. The van der Waals surface area contributed by atoms with E-state index in [0.29, 0.717) is 11.1 Å². The summed E-state index contributed by atoms with van der Waals surface area (Å²) >= 11 is 0. The molecule has 0 bridgehead atoms. The Hall–Kier alpha value is -1.77. The number of fused-ring (bicyclic) bond motifs is 1. The van der Waals surface area contributed by atoms with Gasteiger partial charge in [-0.05, 0) is 12.8 Å². The van der Waals surface area contributed by atoms with Crippen molar-refractivity contribution in [2.45, 2.75) is 65.2 Å². The van der Waals surface area contributed by atoms with Crippen LogP contribution in [0, 0.1) is 11.8 Å². The van der Waals surface area contributed by atoms with Crippen molar-refractivity contribution < 1.29 is 14.4 Å². The molecule has 0 spiro atoms. The van der Waals surface area contributed by atoms with Gasteiger partial charge in [0.1, 0.15) is 5.92 Å². The maximum atomic E-state index is 13.0. The number of ketones is 3. The van der Waals surface area contributed by atoms with Gasteiger partial charge < -0.3 is 0 Å². The first-order chi connectivity index (χ1) is 11.6. The van der Waals surface area contributed by atoms with Crippen molar-refractivity contribution in [3.05, 3.63) is 35.4 Å². The fourth-order valence-electron chi connectivity index (χ4n) is 3.55. The van der Waals surface area contributed by atoms with Crippen LogP contribution >= 0.6 is 0 Å². The summed E-state index contributed by atoms with van der Waals surface area (Å²) in [5.74, 6) is -1.98. The van der Waals surface area contributed by atoms with E-state index in [1.165, 1.54) is 0 Å². The molecule has 2 rings (SSSR count). The van der Waals surface area contributed by atoms with Crippen molar-refractivity contribution in [3.63, 3.8) is 0 Å². The zero-order valence-electron chi connectivity index (χ0n) is 14.8.